The molecule has 0 fully saturated rings. The number of ether oxygens (including phenoxy) is 2. The first-order chi connectivity index (χ1) is 11.9. The number of carbonyl (C=O) groups is 1. The smallest absolute Gasteiger partial charge is 0.307 e. The molecule has 140 valence electrons. The Balaban J connectivity index is 2.24. The molecule has 1 aliphatic heterocycles. The van der Waals surface area contributed by atoms with Crippen LogP contribution in [0.3, 0.4) is 0 Å². The Kier molecular flexibility index (Phi) is 6.66. The number of hydrogen-bond donors (Lipinski definition) is 0. The zero-order chi connectivity index (χ0) is 18.4. The number of hydrogen-bond acceptors (Lipinski definition) is 6. The zero-order valence-electron chi connectivity index (χ0n) is 15.0. The number of fused-ring (bicyclic) bond motifs is 1. The molecule has 0 spiro atoms. The molecule has 0 radical (unpaired) electrons. The fourth-order valence-corrected chi connectivity index (χ4v) is 4.24. The van der Waals surface area contributed by atoms with Crippen LogP contribution >= 0.6 is 0 Å². The molecule has 2 rings (SSSR count). The summed E-state index contributed by atoms with van der Waals surface area (Å²) in [5, 5.41) is 0. The average molecular weight is 370 g/mol. The summed E-state index contributed by atoms with van der Waals surface area (Å²) in [5.41, 5.74) is 0.758. The maximum Gasteiger partial charge on any atom is 0.307 e. The Morgan fingerprint density at radius 3 is 2.76 bits per heavy atom. The molecule has 0 atom stereocenters. The molecule has 25 heavy (non-hydrogen) atoms. The third-order valence-electron chi connectivity index (χ3n) is 4.01. The monoisotopic (exact) mass is 370 g/mol. The van der Waals surface area contributed by atoms with E-state index in [4.69, 9.17) is 9.47 Å². The van der Waals surface area contributed by atoms with E-state index in [2.05, 4.69) is 0 Å². The number of rotatable bonds is 8. The standard InChI is InChI=1S/C17H26N2O5S/c1-4-9-19(10-8-17(20)23-5-2)25(21,22)14-6-7-16-15(13-14)18(3)11-12-24-16/h6-7,13H,4-5,8-12H2,1-3H3. The van der Waals surface area contributed by atoms with Gasteiger partial charge in [0.25, 0.3) is 0 Å². The van der Waals surface area contributed by atoms with Crippen molar-refractivity contribution in [3.05, 3.63) is 18.2 Å². The minimum atomic E-state index is -3.69. The molecular formula is C17H26N2O5S. The van der Waals surface area contributed by atoms with Gasteiger partial charge in [-0.15, -0.1) is 0 Å². The maximum absolute atomic E-state index is 13.0. The summed E-state index contributed by atoms with van der Waals surface area (Å²) in [6, 6.07) is 4.88. The molecule has 7 nitrogen and oxygen atoms in total. The molecule has 0 bridgehead atoms. The molecule has 1 aromatic rings. The van der Waals surface area contributed by atoms with Gasteiger partial charge in [0.2, 0.25) is 10.0 Å². The lowest BCUT2D eigenvalue weighted by Gasteiger charge is -2.29. The topological polar surface area (TPSA) is 76.2 Å². The van der Waals surface area contributed by atoms with E-state index < -0.39 is 16.0 Å². The molecule has 1 aromatic carbocycles. The van der Waals surface area contributed by atoms with Crippen molar-refractivity contribution in [3.8, 4) is 5.75 Å². The molecule has 0 aromatic heterocycles. The van der Waals surface area contributed by atoms with Gasteiger partial charge in [-0.05, 0) is 31.5 Å². The zero-order valence-corrected chi connectivity index (χ0v) is 15.8. The molecule has 1 aliphatic rings. The van der Waals surface area contributed by atoms with E-state index in [0.29, 0.717) is 31.9 Å². The van der Waals surface area contributed by atoms with Gasteiger partial charge in [0.1, 0.15) is 12.4 Å². The number of sulfonamides is 1. The van der Waals surface area contributed by atoms with Crippen molar-refractivity contribution in [2.45, 2.75) is 31.6 Å². The van der Waals surface area contributed by atoms with Gasteiger partial charge in [0.15, 0.2) is 0 Å². The van der Waals surface area contributed by atoms with Crippen LogP contribution < -0.4 is 9.64 Å². The minimum absolute atomic E-state index is 0.0427. The Morgan fingerprint density at radius 1 is 1.32 bits per heavy atom. The first-order valence-electron chi connectivity index (χ1n) is 8.54. The van der Waals surface area contributed by atoms with Crippen molar-refractivity contribution in [3.63, 3.8) is 0 Å². The number of likely N-dealkylation sites (N-methyl/N-ethyl adjacent to an activating group) is 1. The van der Waals surface area contributed by atoms with Gasteiger partial charge in [-0.25, -0.2) is 8.42 Å². The summed E-state index contributed by atoms with van der Waals surface area (Å²) in [6.45, 7) is 5.67. The summed E-state index contributed by atoms with van der Waals surface area (Å²) >= 11 is 0. The third-order valence-corrected chi connectivity index (χ3v) is 5.90. The van der Waals surface area contributed by atoms with Crippen molar-refractivity contribution in [2.24, 2.45) is 0 Å². The largest absolute Gasteiger partial charge is 0.490 e. The van der Waals surface area contributed by atoms with Crippen molar-refractivity contribution in [1.29, 1.82) is 0 Å². The van der Waals surface area contributed by atoms with Crippen LogP contribution in [-0.2, 0) is 19.6 Å². The highest BCUT2D eigenvalue weighted by atomic mass is 32.2. The second kappa shape index (κ2) is 8.53. The van der Waals surface area contributed by atoms with Gasteiger partial charge in [0.05, 0.1) is 30.2 Å². The van der Waals surface area contributed by atoms with Crippen LogP contribution in [0.5, 0.6) is 5.75 Å². The fourth-order valence-electron chi connectivity index (χ4n) is 2.69. The molecule has 8 heteroatoms. The second-order valence-corrected chi connectivity index (χ2v) is 7.80. The number of esters is 1. The lowest BCUT2D eigenvalue weighted by atomic mass is 10.2. The summed E-state index contributed by atoms with van der Waals surface area (Å²) in [4.78, 5) is 13.8. The number of benzene rings is 1. The Bertz CT molecular complexity index is 705. The number of anilines is 1. The minimum Gasteiger partial charge on any atom is -0.490 e. The lowest BCUT2D eigenvalue weighted by Crippen LogP contribution is -2.34. The summed E-state index contributed by atoms with van der Waals surface area (Å²) in [6.07, 6.45) is 0.705. The van der Waals surface area contributed by atoms with Crippen molar-refractivity contribution >= 4 is 21.7 Å². The highest BCUT2D eigenvalue weighted by molar-refractivity contribution is 7.89. The molecule has 0 saturated heterocycles. The van der Waals surface area contributed by atoms with Crippen LogP contribution in [0, 0.1) is 0 Å². The molecule has 0 aliphatic carbocycles. The van der Waals surface area contributed by atoms with Gasteiger partial charge < -0.3 is 14.4 Å². The van der Waals surface area contributed by atoms with E-state index in [1.165, 1.54) is 4.31 Å². The van der Waals surface area contributed by atoms with Crippen molar-refractivity contribution < 1.29 is 22.7 Å². The van der Waals surface area contributed by atoms with E-state index >= 15 is 0 Å². The van der Waals surface area contributed by atoms with Gasteiger partial charge in [-0.3, -0.25) is 4.79 Å². The van der Waals surface area contributed by atoms with Gasteiger partial charge >= 0.3 is 5.97 Å². The SMILES string of the molecule is CCCN(CCC(=O)OCC)S(=O)(=O)c1ccc2c(c1)N(C)CCO2. The van der Waals surface area contributed by atoms with Crippen LogP contribution in [0.2, 0.25) is 0 Å². The van der Waals surface area contributed by atoms with E-state index in [1.54, 1.807) is 25.1 Å². The van der Waals surface area contributed by atoms with Crippen molar-refractivity contribution in [2.75, 3.05) is 44.8 Å². The van der Waals surface area contributed by atoms with Gasteiger partial charge in [-0.1, -0.05) is 6.92 Å². The van der Waals surface area contributed by atoms with E-state index in [-0.39, 0.29) is 24.5 Å². The third kappa shape index (κ3) is 4.64. The molecule has 1 heterocycles. The highest BCUT2D eigenvalue weighted by Gasteiger charge is 2.27. The Hall–Kier alpha value is -1.80. The maximum atomic E-state index is 13.0. The fraction of sp³-hybridized carbons (Fsp3) is 0.588. The number of nitrogens with zero attached hydrogens (tertiary/aromatic N) is 2. The summed E-state index contributed by atoms with van der Waals surface area (Å²) in [5.74, 6) is 0.290. The summed E-state index contributed by atoms with van der Waals surface area (Å²) < 4.78 is 37.8. The Labute approximate surface area is 149 Å². The van der Waals surface area contributed by atoms with Gasteiger partial charge in [0, 0.05) is 20.1 Å². The van der Waals surface area contributed by atoms with E-state index in [1.807, 2.05) is 18.9 Å². The van der Waals surface area contributed by atoms with E-state index in [0.717, 1.165) is 5.69 Å². The Morgan fingerprint density at radius 2 is 2.08 bits per heavy atom. The second-order valence-electron chi connectivity index (χ2n) is 5.86. The van der Waals surface area contributed by atoms with Crippen molar-refractivity contribution in [1.82, 2.24) is 4.31 Å². The average Bonchev–Trinajstić information content (AvgIpc) is 2.58. The predicted molar refractivity (Wildman–Crippen MR) is 95.5 cm³/mol. The number of carbonyl (C=O) groups excluding carboxylic acids is 1. The van der Waals surface area contributed by atoms with Gasteiger partial charge in [-0.2, -0.15) is 4.31 Å². The molecule has 0 amide bonds. The highest BCUT2D eigenvalue weighted by Crippen LogP contribution is 2.33. The van der Waals surface area contributed by atoms with Crippen LogP contribution in [0.4, 0.5) is 5.69 Å². The first kappa shape index (κ1) is 19.5. The van der Waals surface area contributed by atoms with Crippen LogP contribution in [0.25, 0.3) is 0 Å². The predicted octanol–water partition coefficient (Wildman–Crippen LogP) is 1.87. The first-order valence-corrected chi connectivity index (χ1v) is 9.98. The molecule has 0 unspecified atom stereocenters. The summed E-state index contributed by atoms with van der Waals surface area (Å²) in [7, 11) is -1.78. The molecule has 0 saturated carbocycles. The van der Waals surface area contributed by atoms with Crippen LogP contribution in [0.1, 0.15) is 26.7 Å². The van der Waals surface area contributed by atoms with Crippen LogP contribution in [-0.4, -0.2) is 58.6 Å². The van der Waals surface area contributed by atoms with E-state index in [9.17, 15) is 13.2 Å². The lowest BCUT2D eigenvalue weighted by molar-refractivity contribution is -0.143. The molecular weight excluding hydrogens is 344 g/mol. The normalized spacial score (nSPS) is 14.2. The van der Waals surface area contributed by atoms with Crippen LogP contribution in [0.15, 0.2) is 23.1 Å². The molecule has 0 N–H and O–H groups in total. The quantitative estimate of drug-likeness (QED) is 0.650.